The molecule has 1 aromatic heterocycles. The molecule has 13 heavy (non-hydrogen) atoms. The maximum absolute atomic E-state index is 5.52. The monoisotopic (exact) mass is 180 g/mol. The minimum absolute atomic E-state index is 0.270. The third kappa shape index (κ3) is 1.92. The van der Waals surface area contributed by atoms with Gasteiger partial charge in [0, 0.05) is 11.6 Å². The summed E-state index contributed by atoms with van der Waals surface area (Å²) in [6.45, 7) is 1.98. The van der Waals surface area contributed by atoms with Gasteiger partial charge in [0.15, 0.2) is 0 Å². The number of hydrogen-bond donors (Lipinski definition) is 2. The first-order valence-electron chi connectivity index (χ1n) is 4.81. The van der Waals surface area contributed by atoms with Gasteiger partial charge in [-0.25, -0.2) is 0 Å². The molecule has 0 aliphatic heterocycles. The van der Waals surface area contributed by atoms with Gasteiger partial charge >= 0.3 is 0 Å². The lowest BCUT2D eigenvalue weighted by atomic mass is 10.0. The van der Waals surface area contributed by atoms with Crippen molar-refractivity contribution in [1.82, 2.24) is 5.43 Å². The molecular weight excluding hydrogens is 164 g/mol. The molecule has 1 fully saturated rings. The highest BCUT2D eigenvalue weighted by molar-refractivity contribution is 5.20. The van der Waals surface area contributed by atoms with Crippen LogP contribution in [-0.2, 0) is 0 Å². The number of aryl methyl sites for hydroxylation is 1. The van der Waals surface area contributed by atoms with Crippen LogP contribution in [0.25, 0.3) is 0 Å². The Hall–Kier alpha value is -0.800. The molecule has 2 rings (SSSR count). The van der Waals surface area contributed by atoms with Crippen LogP contribution >= 0.6 is 0 Å². The molecule has 1 unspecified atom stereocenters. The van der Waals surface area contributed by atoms with Crippen LogP contribution in [0.15, 0.2) is 16.7 Å². The molecule has 1 aliphatic carbocycles. The van der Waals surface area contributed by atoms with Crippen LogP contribution in [0.2, 0.25) is 0 Å². The Morgan fingerprint density at radius 1 is 1.69 bits per heavy atom. The largest absolute Gasteiger partial charge is 0.469 e. The SMILES string of the molecule is Cc1occc1C(CC1CC1)NN. The van der Waals surface area contributed by atoms with Crippen molar-refractivity contribution in [3.05, 3.63) is 23.7 Å². The Labute approximate surface area is 78.3 Å². The van der Waals surface area contributed by atoms with Crippen molar-refractivity contribution in [2.24, 2.45) is 11.8 Å². The molecule has 72 valence electrons. The third-order valence-electron chi connectivity index (χ3n) is 2.74. The number of hydrazine groups is 1. The molecule has 0 saturated heterocycles. The standard InChI is InChI=1S/C10H16N2O/c1-7-9(4-5-13-7)10(12-11)6-8-2-3-8/h4-5,8,10,12H,2-3,6,11H2,1H3. The number of rotatable bonds is 4. The molecule has 1 heterocycles. The lowest BCUT2D eigenvalue weighted by Crippen LogP contribution is -2.28. The molecule has 0 bridgehead atoms. The fourth-order valence-electron chi connectivity index (χ4n) is 1.73. The van der Waals surface area contributed by atoms with Crippen molar-refractivity contribution in [2.75, 3.05) is 0 Å². The second-order valence-electron chi connectivity index (χ2n) is 3.83. The van der Waals surface area contributed by atoms with E-state index in [0.29, 0.717) is 0 Å². The highest BCUT2D eigenvalue weighted by Crippen LogP contribution is 2.38. The van der Waals surface area contributed by atoms with Crippen molar-refractivity contribution < 1.29 is 4.42 Å². The Bertz CT molecular complexity index is 278. The average Bonchev–Trinajstić information content (AvgIpc) is 2.85. The van der Waals surface area contributed by atoms with Gasteiger partial charge in [-0.05, 0) is 25.3 Å². The molecule has 0 radical (unpaired) electrons. The second kappa shape index (κ2) is 3.52. The van der Waals surface area contributed by atoms with Crippen molar-refractivity contribution in [2.45, 2.75) is 32.2 Å². The Kier molecular flexibility index (Phi) is 2.38. The summed E-state index contributed by atoms with van der Waals surface area (Å²) < 4.78 is 5.25. The van der Waals surface area contributed by atoms with Crippen LogP contribution in [0.3, 0.4) is 0 Å². The second-order valence-corrected chi connectivity index (χ2v) is 3.83. The van der Waals surface area contributed by atoms with Crippen LogP contribution in [0.5, 0.6) is 0 Å². The molecule has 0 aromatic carbocycles. The maximum Gasteiger partial charge on any atom is 0.105 e. The summed E-state index contributed by atoms with van der Waals surface area (Å²) in [7, 11) is 0. The summed E-state index contributed by atoms with van der Waals surface area (Å²) in [5.41, 5.74) is 4.06. The van der Waals surface area contributed by atoms with Crippen LogP contribution in [0.1, 0.15) is 36.6 Å². The van der Waals surface area contributed by atoms with Crippen molar-refractivity contribution in [1.29, 1.82) is 0 Å². The topological polar surface area (TPSA) is 51.2 Å². The van der Waals surface area contributed by atoms with Crippen LogP contribution in [-0.4, -0.2) is 0 Å². The number of nitrogens with one attached hydrogen (secondary N) is 1. The van der Waals surface area contributed by atoms with Crippen molar-refractivity contribution >= 4 is 0 Å². The lowest BCUT2D eigenvalue weighted by Gasteiger charge is -2.14. The van der Waals surface area contributed by atoms with E-state index < -0.39 is 0 Å². The minimum Gasteiger partial charge on any atom is -0.469 e. The number of nitrogens with two attached hydrogens (primary N) is 1. The Balaban J connectivity index is 2.06. The first kappa shape index (κ1) is 8.78. The zero-order chi connectivity index (χ0) is 9.26. The highest BCUT2D eigenvalue weighted by atomic mass is 16.3. The molecule has 3 nitrogen and oxygen atoms in total. The molecule has 1 aliphatic rings. The van der Waals surface area contributed by atoms with Crippen molar-refractivity contribution in [3.8, 4) is 0 Å². The van der Waals surface area contributed by atoms with Gasteiger partial charge in [0.1, 0.15) is 5.76 Å². The molecule has 3 heteroatoms. The summed E-state index contributed by atoms with van der Waals surface area (Å²) in [5.74, 6) is 7.36. The van der Waals surface area contributed by atoms with Gasteiger partial charge in [0.05, 0.1) is 6.26 Å². The molecule has 1 atom stereocenters. The number of hydrogen-bond acceptors (Lipinski definition) is 3. The summed E-state index contributed by atoms with van der Waals surface area (Å²) in [6, 6.07) is 2.27. The first-order chi connectivity index (χ1) is 6.31. The van der Waals surface area contributed by atoms with E-state index in [9.17, 15) is 0 Å². The molecular formula is C10H16N2O. The van der Waals surface area contributed by atoms with Crippen LogP contribution in [0, 0.1) is 12.8 Å². The van der Waals surface area contributed by atoms with E-state index in [1.54, 1.807) is 6.26 Å². The molecule has 1 aromatic rings. The van der Waals surface area contributed by atoms with E-state index in [-0.39, 0.29) is 6.04 Å². The van der Waals surface area contributed by atoms with Crippen LogP contribution < -0.4 is 11.3 Å². The van der Waals surface area contributed by atoms with Gasteiger partial charge in [-0.15, -0.1) is 0 Å². The van der Waals surface area contributed by atoms with Crippen LogP contribution in [0.4, 0.5) is 0 Å². The molecule has 0 spiro atoms. The van der Waals surface area contributed by atoms with Gasteiger partial charge in [0.25, 0.3) is 0 Å². The summed E-state index contributed by atoms with van der Waals surface area (Å²) >= 11 is 0. The lowest BCUT2D eigenvalue weighted by molar-refractivity contribution is 0.467. The van der Waals surface area contributed by atoms with Gasteiger partial charge < -0.3 is 4.42 Å². The quantitative estimate of drug-likeness (QED) is 0.549. The summed E-state index contributed by atoms with van der Waals surface area (Å²) in [4.78, 5) is 0. The maximum atomic E-state index is 5.52. The Morgan fingerprint density at radius 3 is 2.92 bits per heavy atom. The predicted molar refractivity (Wildman–Crippen MR) is 50.9 cm³/mol. The Morgan fingerprint density at radius 2 is 2.46 bits per heavy atom. The zero-order valence-electron chi connectivity index (χ0n) is 7.92. The first-order valence-corrected chi connectivity index (χ1v) is 4.81. The zero-order valence-corrected chi connectivity index (χ0v) is 7.92. The highest BCUT2D eigenvalue weighted by Gasteiger charge is 2.26. The van der Waals surface area contributed by atoms with E-state index in [2.05, 4.69) is 5.43 Å². The predicted octanol–water partition coefficient (Wildman–Crippen LogP) is 1.89. The third-order valence-corrected chi connectivity index (χ3v) is 2.74. The van der Waals surface area contributed by atoms with E-state index in [0.717, 1.165) is 18.1 Å². The fourth-order valence-corrected chi connectivity index (χ4v) is 1.73. The molecule has 1 saturated carbocycles. The van der Waals surface area contributed by atoms with Crippen molar-refractivity contribution in [3.63, 3.8) is 0 Å². The fraction of sp³-hybridized carbons (Fsp3) is 0.600. The van der Waals surface area contributed by atoms with Gasteiger partial charge in [-0.2, -0.15) is 0 Å². The van der Waals surface area contributed by atoms with E-state index in [4.69, 9.17) is 10.3 Å². The summed E-state index contributed by atoms with van der Waals surface area (Å²) in [5, 5.41) is 0. The number of furan rings is 1. The average molecular weight is 180 g/mol. The van der Waals surface area contributed by atoms with Gasteiger partial charge in [-0.1, -0.05) is 12.8 Å². The van der Waals surface area contributed by atoms with E-state index in [1.165, 1.54) is 18.4 Å². The minimum atomic E-state index is 0.270. The molecule has 3 N–H and O–H groups in total. The van der Waals surface area contributed by atoms with Gasteiger partial charge in [-0.3, -0.25) is 11.3 Å². The van der Waals surface area contributed by atoms with Gasteiger partial charge in [0.2, 0.25) is 0 Å². The summed E-state index contributed by atoms with van der Waals surface area (Å²) in [6.07, 6.45) is 5.57. The molecule has 0 amide bonds. The normalized spacial score (nSPS) is 18.9. The van der Waals surface area contributed by atoms with E-state index >= 15 is 0 Å². The van der Waals surface area contributed by atoms with E-state index in [1.807, 2.05) is 13.0 Å². The smallest absolute Gasteiger partial charge is 0.105 e.